The van der Waals surface area contributed by atoms with E-state index < -0.39 is 5.97 Å². The zero-order valence-corrected chi connectivity index (χ0v) is 9.84. The lowest BCUT2D eigenvalue weighted by Crippen LogP contribution is -2.09. The van der Waals surface area contributed by atoms with Crippen LogP contribution in [-0.2, 0) is 4.79 Å². The number of carbonyl (C=O) groups is 1. The monoisotopic (exact) mass is 230 g/mol. The Bertz CT molecular complexity index is 324. The van der Waals surface area contributed by atoms with Gasteiger partial charge in [0, 0.05) is 0 Å². The van der Waals surface area contributed by atoms with Crippen LogP contribution in [-0.4, -0.2) is 17.7 Å². The Balaban J connectivity index is 0.000000921. The predicted octanol–water partition coefficient (Wildman–Crippen LogP) is 3.14. The van der Waals surface area contributed by atoms with Gasteiger partial charge in [0.05, 0.1) is 5.02 Å². The molecule has 0 saturated carbocycles. The molecule has 0 aliphatic heterocycles. The molecule has 0 atom stereocenters. The normalized spacial score (nSPS) is 8.80. The molecule has 0 amide bonds. The highest BCUT2D eigenvalue weighted by Crippen LogP contribution is 2.24. The molecule has 1 aromatic carbocycles. The molecule has 15 heavy (non-hydrogen) atoms. The predicted molar refractivity (Wildman–Crippen MR) is 60.7 cm³/mol. The number of hydrogen-bond donors (Lipinski definition) is 1. The average molecular weight is 231 g/mol. The van der Waals surface area contributed by atoms with Gasteiger partial charge in [-0.2, -0.15) is 0 Å². The van der Waals surface area contributed by atoms with E-state index in [2.05, 4.69) is 0 Å². The lowest BCUT2D eigenvalue weighted by atomic mass is 10.2. The number of carboxylic acids is 1. The third-order valence-corrected chi connectivity index (χ3v) is 1.73. The molecule has 1 aromatic rings. The van der Waals surface area contributed by atoms with Crippen LogP contribution in [0.3, 0.4) is 0 Å². The third-order valence-electron chi connectivity index (χ3n) is 1.44. The molecule has 0 aliphatic carbocycles. The molecule has 0 heterocycles. The van der Waals surface area contributed by atoms with Gasteiger partial charge in [-0.15, -0.1) is 0 Å². The fraction of sp³-hybridized carbons (Fsp3) is 0.364. The van der Waals surface area contributed by atoms with E-state index in [9.17, 15) is 4.79 Å². The lowest BCUT2D eigenvalue weighted by Gasteiger charge is -2.05. The third kappa shape index (κ3) is 5.27. The molecule has 0 aliphatic rings. The molecule has 4 heteroatoms. The van der Waals surface area contributed by atoms with Crippen LogP contribution < -0.4 is 4.74 Å². The van der Waals surface area contributed by atoms with Crippen molar-refractivity contribution in [3.63, 3.8) is 0 Å². The zero-order chi connectivity index (χ0) is 11.8. The van der Waals surface area contributed by atoms with E-state index in [1.807, 2.05) is 26.8 Å². The zero-order valence-electron chi connectivity index (χ0n) is 9.08. The summed E-state index contributed by atoms with van der Waals surface area (Å²) in [6, 6.07) is 5.18. The van der Waals surface area contributed by atoms with Gasteiger partial charge in [0.25, 0.3) is 0 Å². The Labute approximate surface area is 94.6 Å². The summed E-state index contributed by atoms with van der Waals surface area (Å²) in [6.07, 6.45) is 0. The van der Waals surface area contributed by atoms with Crippen LogP contribution in [0.1, 0.15) is 19.4 Å². The van der Waals surface area contributed by atoms with Crippen LogP contribution >= 0.6 is 11.6 Å². The minimum Gasteiger partial charge on any atom is -0.480 e. The number of rotatable bonds is 3. The van der Waals surface area contributed by atoms with Gasteiger partial charge in [0.1, 0.15) is 5.75 Å². The highest BCUT2D eigenvalue weighted by Gasteiger charge is 2.03. The Morgan fingerprint density at radius 3 is 2.53 bits per heavy atom. The molecule has 84 valence electrons. The number of ether oxygens (including phenoxy) is 1. The molecule has 0 unspecified atom stereocenters. The summed E-state index contributed by atoms with van der Waals surface area (Å²) in [5, 5.41) is 8.78. The van der Waals surface area contributed by atoms with E-state index in [0.29, 0.717) is 10.8 Å². The maximum absolute atomic E-state index is 10.2. The summed E-state index contributed by atoms with van der Waals surface area (Å²) in [5.74, 6) is -0.619. The van der Waals surface area contributed by atoms with Gasteiger partial charge in [-0.05, 0) is 24.6 Å². The summed E-state index contributed by atoms with van der Waals surface area (Å²) in [7, 11) is 0. The molecule has 0 bridgehead atoms. The van der Waals surface area contributed by atoms with E-state index >= 15 is 0 Å². The molecule has 1 rings (SSSR count). The second kappa shape index (κ2) is 7.12. The first-order valence-corrected chi connectivity index (χ1v) is 5.08. The van der Waals surface area contributed by atoms with Crippen molar-refractivity contribution in [2.45, 2.75) is 20.8 Å². The van der Waals surface area contributed by atoms with Crippen LogP contribution in [0.5, 0.6) is 5.75 Å². The minimum absolute atomic E-state index is 0.372. The van der Waals surface area contributed by atoms with Crippen LogP contribution in [0.2, 0.25) is 5.02 Å². The largest absolute Gasteiger partial charge is 0.480 e. The van der Waals surface area contributed by atoms with Crippen molar-refractivity contribution in [1.29, 1.82) is 0 Å². The summed E-state index contributed by atoms with van der Waals surface area (Å²) in [5.41, 5.74) is 1.01. The van der Waals surface area contributed by atoms with Gasteiger partial charge in [-0.3, -0.25) is 0 Å². The summed E-state index contributed by atoms with van der Waals surface area (Å²) in [4.78, 5) is 10.2. The molecule has 0 fully saturated rings. The fourth-order valence-electron chi connectivity index (χ4n) is 0.862. The van der Waals surface area contributed by atoms with Crippen molar-refractivity contribution >= 4 is 17.6 Å². The highest BCUT2D eigenvalue weighted by atomic mass is 35.5. The van der Waals surface area contributed by atoms with Gasteiger partial charge in [0.2, 0.25) is 0 Å². The highest BCUT2D eigenvalue weighted by molar-refractivity contribution is 6.32. The molecule has 3 nitrogen and oxygen atoms in total. The minimum atomic E-state index is -1.02. The Hall–Kier alpha value is -1.22. The van der Waals surface area contributed by atoms with Gasteiger partial charge in [0.15, 0.2) is 6.61 Å². The molecular weight excluding hydrogens is 216 g/mol. The first-order valence-electron chi connectivity index (χ1n) is 4.70. The van der Waals surface area contributed by atoms with E-state index in [-0.39, 0.29) is 6.61 Å². The Morgan fingerprint density at radius 1 is 1.47 bits per heavy atom. The maximum atomic E-state index is 10.2. The molecule has 0 aromatic heterocycles. The Morgan fingerprint density at radius 2 is 2.07 bits per heavy atom. The van der Waals surface area contributed by atoms with Crippen molar-refractivity contribution < 1.29 is 14.6 Å². The number of aryl methyl sites for hydroxylation is 1. The van der Waals surface area contributed by atoms with E-state index in [0.717, 1.165) is 5.56 Å². The van der Waals surface area contributed by atoms with Crippen molar-refractivity contribution in [2.75, 3.05) is 6.61 Å². The number of benzene rings is 1. The molecule has 0 radical (unpaired) electrons. The van der Waals surface area contributed by atoms with Gasteiger partial charge >= 0.3 is 5.97 Å². The van der Waals surface area contributed by atoms with Crippen LogP contribution in [0, 0.1) is 6.92 Å². The van der Waals surface area contributed by atoms with Crippen molar-refractivity contribution in [3.8, 4) is 5.75 Å². The fourth-order valence-corrected chi connectivity index (χ4v) is 1.15. The Kier molecular flexibility index (Phi) is 6.54. The summed E-state index contributed by atoms with van der Waals surface area (Å²) < 4.78 is 4.92. The number of hydrogen-bond acceptors (Lipinski definition) is 2. The van der Waals surface area contributed by atoms with Crippen LogP contribution in [0.25, 0.3) is 0 Å². The smallest absolute Gasteiger partial charge is 0.341 e. The number of carboxylic acid groups (broad SMARTS) is 1. The standard InChI is InChI=1S/C9H9ClO3.C2H6/c1-6-2-3-8(7(10)4-6)13-5-9(11)12;1-2/h2-4H,5H2,1H3,(H,11,12);1-2H3. The first-order chi connectivity index (χ1) is 7.09. The topological polar surface area (TPSA) is 46.5 Å². The van der Waals surface area contributed by atoms with Crippen molar-refractivity contribution in [1.82, 2.24) is 0 Å². The number of aliphatic carboxylic acids is 1. The number of halogens is 1. The maximum Gasteiger partial charge on any atom is 0.341 e. The second-order valence-corrected chi connectivity index (χ2v) is 3.02. The average Bonchev–Trinajstić information content (AvgIpc) is 2.19. The van der Waals surface area contributed by atoms with Crippen LogP contribution in [0.15, 0.2) is 18.2 Å². The summed E-state index contributed by atoms with van der Waals surface area (Å²) in [6.45, 7) is 5.52. The second-order valence-electron chi connectivity index (χ2n) is 2.62. The van der Waals surface area contributed by atoms with Crippen LogP contribution in [0.4, 0.5) is 0 Å². The van der Waals surface area contributed by atoms with E-state index in [4.69, 9.17) is 21.4 Å². The molecule has 1 N–H and O–H groups in total. The van der Waals surface area contributed by atoms with Crippen molar-refractivity contribution in [2.24, 2.45) is 0 Å². The quantitative estimate of drug-likeness (QED) is 0.868. The first kappa shape index (κ1) is 13.8. The van der Waals surface area contributed by atoms with E-state index in [1.54, 1.807) is 12.1 Å². The molecular formula is C11H15ClO3. The van der Waals surface area contributed by atoms with Gasteiger partial charge in [-0.25, -0.2) is 4.79 Å². The van der Waals surface area contributed by atoms with Gasteiger partial charge in [-0.1, -0.05) is 31.5 Å². The SMILES string of the molecule is CC.Cc1ccc(OCC(=O)O)c(Cl)c1. The van der Waals surface area contributed by atoms with E-state index in [1.165, 1.54) is 0 Å². The summed E-state index contributed by atoms with van der Waals surface area (Å²) >= 11 is 5.80. The van der Waals surface area contributed by atoms with Crippen molar-refractivity contribution in [3.05, 3.63) is 28.8 Å². The van der Waals surface area contributed by atoms with Gasteiger partial charge < -0.3 is 9.84 Å². The lowest BCUT2D eigenvalue weighted by molar-refractivity contribution is -0.139. The molecule has 0 saturated heterocycles. The molecule has 0 spiro atoms.